The number of rotatable bonds is 5. The third kappa shape index (κ3) is 4.43. The maximum absolute atomic E-state index is 12.1. The monoisotopic (exact) mass is 282 g/mol. The molecule has 3 heteroatoms. The van der Waals surface area contributed by atoms with Crippen LogP contribution in [0.25, 0.3) is 0 Å². The second-order valence-electron chi connectivity index (χ2n) is 5.42. The molecule has 0 spiro atoms. The molecule has 0 aliphatic heterocycles. The van der Waals surface area contributed by atoms with Crippen LogP contribution in [0.15, 0.2) is 54.6 Å². The summed E-state index contributed by atoms with van der Waals surface area (Å²) in [6, 6.07) is 18.2. The number of nitrogens with zero attached hydrogens (tertiary/aromatic N) is 1. The van der Waals surface area contributed by atoms with Gasteiger partial charge in [-0.2, -0.15) is 0 Å². The van der Waals surface area contributed by atoms with Crippen molar-refractivity contribution in [1.29, 1.82) is 0 Å². The van der Waals surface area contributed by atoms with Gasteiger partial charge in [-0.15, -0.1) is 0 Å². The number of carbonyl (C=O) groups is 1. The summed E-state index contributed by atoms with van der Waals surface area (Å²) in [5.41, 5.74) is 3.23. The molecule has 0 heterocycles. The van der Waals surface area contributed by atoms with Crippen LogP contribution in [0.1, 0.15) is 24.1 Å². The molecule has 1 N–H and O–H groups in total. The highest BCUT2D eigenvalue weighted by Gasteiger charge is 2.14. The topological polar surface area (TPSA) is 32.3 Å². The molecule has 0 saturated carbocycles. The number of nitrogens with one attached hydrogen (secondary N) is 1. The van der Waals surface area contributed by atoms with Crippen LogP contribution < -0.4 is 5.32 Å². The summed E-state index contributed by atoms with van der Waals surface area (Å²) in [6.07, 6.45) is 0. The fourth-order valence-corrected chi connectivity index (χ4v) is 2.19. The van der Waals surface area contributed by atoms with Gasteiger partial charge in [-0.3, -0.25) is 9.69 Å². The molecule has 2 rings (SSSR count). The van der Waals surface area contributed by atoms with E-state index in [4.69, 9.17) is 0 Å². The highest BCUT2D eigenvalue weighted by Crippen LogP contribution is 2.18. The van der Waals surface area contributed by atoms with E-state index in [1.165, 1.54) is 11.1 Å². The largest absolute Gasteiger partial charge is 0.325 e. The lowest BCUT2D eigenvalue weighted by Crippen LogP contribution is -2.32. The van der Waals surface area contributed by atoms with Gasteiger partial charge in [0.1, 0.15) is 0 Å². The SMILES string of the molecule is Cc1ccc(NC(=O)CN(C)[C@@H](C)c2ccccc2)cc1. The zero-order chi connectivity index (χ0) is 15.2. The van der Waals surface area contributed by atoms with Crippen LogP contribution in [0.4, 0.5) is 5.69 Å². The van der Waals surface area contributed by atoms with Crippen molar-refractivity contribution in [2.24, 2.45) is 0 Å². The maximum atomic E-state index is 12.1. The van der Waals surface area contributed by atoms with Gasteiger partial charge >= 0.3 is 0 Å². The first kappa shape index (κ1) is 15.3. The Bertz CT molecular complexity index is 578. The van der Waals surface area contributed by atoms with Crippen LogP contribution >= 0.6 is 0 Å². The minimum atomic E-state index is 0.00383. The number of anilines is 1. The zero-order valence-electron chi connectivity index (χ0n) is 12.8. The van der Waals surface area contributed by atoms with Crippen LogP contribution in [-0.2, 0) is 4.79 Å². The number of carbonyl (C=O) groups excluding carboxylic acids is 1. The average Bonchev–Trinajstić information content (AvgIpc) is 2.49. The van der Waals surface area contributed by atoms with Gasteiger partial charge in [0.05, 0.1) is 6.54 Å². The molecular formula is C18H22N2O. The Morgan fingerprint density at radius 1 is 1.10 bits per heavy atom. The first-order chi connectivity index (χ1) is 10.1. The van der Waals surface area contributed by atoms with Gasteiger partial charge in [0.15, 0.2) is 0 Å². The second kappa shape index (κ2) is 7.04. The molecule has 2 aromatic rings. The molecule has 0 unspecified atom stereocenters. The van der Waals surface area contributed by atoms with E-state index in [1.807, 2.05) is 61.3 Å². The summed E-state index contributed by atoms with van der Waals surface area (Å²) in [4.78, 5) is 14.1. The van der Waals surface area contributed by atoms with Gasteiger partial charge in [0.25, 0.3) is 0 Å². The quantitative estimate of drug-likeness (QED) is 0.908. The molecule has 0 fully saturated rings. The van der Waals surface area contributed by atoms with Gasteiger partial charge in [-0.25, -0.2) is 0 Å². The number of likely N-dealkylation sites (N-methyl/N-ethyl adjacent to an activating group) is 1. The standard InChI is InChI=1S/C18H22N2O/c1-14-9-11-17(12-10-14)19-18(21)13-20(3)15(2)16-7-5-4-6-8-16/h4-12,15H,13H2,1-3H3,(H,19,21)/t15-/m0/s1. The van der Waals surface area contributed by atoms with E-state index in [-0.39, 0.29) is 11.9 Å². The summed E-state index contributed by atoms with van der Waals surface area (Å²) in [5.74, 6) is 0.00383. The summed E-state index contributed by atoms with van der Waals surface area (Å²) in [6.45, 7) is 4.50. The predicted octanol–water partition coefficient (Wildman–Crippen LogP) is 3.63. The normalized spacial score (nSPS) is 12.2. The van der Waals surface area contributed by atoms with E-state index in [0.717, 1.165) is 5.69 Å². The number of benzene rings is 2. The number of hydrogen-bond acceptors (Lipinski definition) is 2. The van der Waals surface area contributed by atoms with Crippen molar-refractivity contribution in [3.05, 3.63) is 65.7 Å². The zero-order valence-corrected chi connectivity index (χ0v) is 12.8. The molecule has 21 heavy (non-hydrogen) atoms. The van der Waals surface area contributed by atoms with E-state index < -0.39 is 0 Å². The highest BCUT2D eigenvalue weighted by atomic mass is 16.2. The van der Waals surface area contributed by atoms with Crippen molar-refractivity contribution >= 4 is 11.6 Å². The van der Waals surface area contributed by atoms with E-state index in [0.29, 0.717) is 6.54 Å². The van der Waals surface area contributed by atoms with Crippen LogP contribution in [0, 0.1) is 6.92 Å². The van der Waals surface area contributed by atoms with Crippen LogP contribution in [0.5, 0.6) is 0 Å². The van der Waals surface area contributed by atoms with E-state index in [9.17, 15) is 4.79 Å². The Morgan fingerprint density at radius 3 is 2.33 bits per heavy atom. The van der Waals surface area contributed by atoms with Crippen molar-refractivity contribution in [3.63, 3.8) is 0 Å². The minimum Gasteiger partial charge on any atom is -0.325 e. The molecular weight excluding hydrogens is 260 g/mol. The second-order valence-corrected chi connectivity index (χ2v) is 5.42. The molecule has 1 amide bonds. The lowest BCUT2D eigenvalue weighted by molar-refractivity contribution is -0.117. The van der Waals surface area contributed by atoms with Crippen molar-refractivity contribution in [1.82, 2.24) is 4.90 Å². The van der Waals surface area contributed by atoms with Gasteiger partial charge in [0, 0.05) is 11.7 Å². The smallest absolute Gasteiger partial charge is 0.238 e. The van der Waals surface area contributed by atoms with Crippen molar-refractivity contribution in [3.8, 4) is 0 Å². The molecule has 110 valence electrons. The highest BCUT2D eigenvalue weighted by molar-refractivity contribution is 5.92. The number of aryl methyl sites for hydroxylation is 1. The Balaban J connectivity index is 1.91. The molecule has 0 bridgehead atoms. The van der Waals surface area contributed by atoms with Crippen LogP contribution in [-0.4, -0.2) is 24.4 Å². The maximum Gasteiger partial charge on any atom is 0.238 e. The van der Waals surface area contributed by atoms with Crippen LogP contribution in [0.3, 0.4) is 0 Å². The predicted molar refractivity (Wildman–Crippen MR) is 87.3 cm³/mol. The van der Waals surface area contributed by atoms with Crippen molar-refractivity contribution < 1.29 is 4.79 Å². The van der Waals surface area contributed by atoms with Gasteiger partial charge in [-0.05, 0) is 38.6 Å². The first-order valence-corrected chi connectivity index (χ1v) is 7.18. The van der Waals surface area contributed by atoms with Gasteiger partial charge < -0.3 is 5.32 Å². The minimum absolute atomic E-state index is 0.00383. The van der Waals surface area contributed by atoms with Gasteiger partial charge in [0.2, 0.25) is 5.91 Å². The Morgan fingerprint density at radius 2 is 1.71 bits per heavy atom. The van der Waals surface area contributed by atoms with E-state index in [2.05, 4.69) is 24.4 Å². The molecule has 0 saturated heterocycles. The molecule has 0 aromatic heterocycles. The Hall–Kier alpha value is -2.13. The van der Waals surface area contributed by atoms with E-state index in [1.54, 1.807) is 0 Å². The fourth-order valence-electron chi connectivity index (χ4n) is 2.19. The molecule has 0 aliphatic rings. The molecule has 3 nitrogen and oxygen atoms in total. The summed E-state index contributed by atoms with van der Waals surface area (Å²) < 4.78 is 0. The third-order valence-electron chi connectivity index (χ3n) is 3.67. The summed E-state index contributed by atoms with van der Waals surface area (Å²) >= 11 is 0. The molecule has 1 atom stereocenters. The first-order valence-electron chi connectivity index (χ1n) is 7.18. The third-order valence-corrected chi connectivity index (χ3v) is 3.67. The molecule has 2 aromatic carbocycles. The Kier molecular flexibility index (Phi) is 5.12. The van der Waals surface area contributed by atoms with Crippen molar-refractivity contribution in [2.45, 2.75) is 19.9 Å². The average molecular weight is 282 g/mol. The van der Waals surface area contributed by atoms with Crippen LogP contribution in [0.2, 0.25) is 0 Å². The van der Waals surface area contributed by atoms with E-state index >= 15 is 0 Å². The molecule has 0 aliphatic carbocycles. The summed E-state index contributed by atoms with van der Waals surface area (Å²) in [5, 5.41) is 2.93. The fraction of sp³-hybridized carbons (Fsp3) is 0.278. The van der Waals surface area contributed by atoms with Gasteiger partial charge in [-0.1, -0.05) is 48.0 Å². The van der Waals surface area contributed by atoms with Crippen molar-refractivity contribution in [2.75, 3.05) is 18.9 Å². The number of hydrogen-bond donors (Lipinski definition) is 1. The Labute approximate surface area is 126 Å². The lowest BCUT2D eigenvalue weighted by atomic mass is 10.1. The molecule has 0 radical (unpaired) electrons. The number of amides is 1. The summed E-state index contributed by atoms with van der Waals surface area (Å²) in [7, 11) is 1.96. The lowest BCUT2D eigenvalue weighted by Gasteiger charge is -2.24.